The minimum Gasteiger partial charge on any atom is -0.411 e. The molecule has 0 amide bonds. The Bertz CT molecular complexity index is 504. The zero-order valence-corrected chi connectivity index (χ0v) is 13.0. The van der Waals surface area contributed by atoms with Gasteiger partial charge in [-0.05, 0) is 38.1 Å². The Morgan fingerprint density at radius 3 is 1.42 bits per heavy atom. The number of hydrogen-bond donors (Lipinski definition) is 0. The van der Waals surface area contributed by atoms with Crippen LogP contribution in [-0.4, -0.2) is 4.32 Å². The van der Waals surface area contributed by atoms with Gasteiger partial charge in [-0.25, -0.2) is 0 Å². The third-order valence-corrected chi connectivity index (χ3v) is 3.13. The Morgan fingerprint density at radius 2 is 1.16 bits per heavy atom. The van der Waals surface area contributed by atoms with Crippen molar-refractivity contribution in [3.05, 3.63) is 59.7 Å². The molecule has 92 valence electrons. The van der Waals surface area contributed by atoms with Gasteiger partial charge in [0.1, 0.15) is 0 Å². The van der Waals surface area contributed by atoms with Crippen molar-refractivity contribution in [2.75, 3.05) is 4.90 Å². The molecule has 2 aromatic rings. The Morgan fingerprint density at radius 1 is 0.842 bits per heavy atom. The van der Waals surface area contributed by atoms with E-state index in [-0.39, 0.29) is 18.9 Å². The Kier molecular flexibility index (Phi) is 6.03. The van der Waals surface area contributed by atoms with Gasteiger partial charge in [-0.2, -0.15) is 0 Å². The fourth-order valence-corrected chi connectivity index (χ4v) is 2.17. The maximum absolute atomic E-state index is 5.19. The molecule has 0 N–H and O–H groups in total. The summed E-state index contributed by atoms with van der Waals surface area (Å²) in [5.74, 6) is 0. The van der Waals surface area contributed by atoms with E-state index in [1.54, 1.807) is 0 Å². The molecule has 0 aliphatic heterocycles. The van der Waals surface area contributed by atoms with E-state index >= 15 is 0 Å². The normalized spacial score (nSPS) is 9.58. The molecule has 0 radical (unpaired) electrons. The molecule has 0 heterocycles. The first kappa shape index (κ1) is 16.2. The summed E-state index contributed by atoms with van der Waals surface area (Å²) in [4.78, 5) is 1.91. The summed E-state index contributed by atoms with van der Waals surface area (Å²) in [6.45, 7) is 4.12. The quantitative estimate of drug-likeness (QED) is 0.463. The number of aryl methyl sites for hydroxylation is 2. The molecular weight excluding hydrogens is 265 g/mol. The van der Waals surface area contributed by atoms with Gasteiger partial charge in [0.05, 0.1) is 0 Å². The minimum absolute atomic E-state index is 0. The van der Waals surface area contributed by atoms with Crippen LogP contribution in [0.3, 0.4) is 0 Å². The molecular formula is C15H14LiNS2. The molecule has 0 aliphatic carbocycles. The van der Waals surface area contributed by atoms with E-state index in [0.29, 0.717) is 4.32 Å². The van der Waals surface area contributed by atoms with Crippen LogP contribution in [0.15, 0.2) is 48.5 Å². The van der Waals surface area contributed by atoms with E-state index in [0.717, 1.165) is 11.4 Å². The van der Waals surface area contributed by atoms with Crippen molar-refractivity contribution in [1.82, 2.24) is 0 Å². The molecule has 0 aromatic heterocycles. The molecule has 0 bridgehead atoms. The summed E-state index contributed by atoms with van der Waals surface area (Å²) >= 11 is 10.4. The third-order valence-electron chi connectivity index (χ3n) is 2.77. The van der Waals surface area contributed by atoms with Crippen molar-refractivity contribution >= 4 is 40.5 Å². The predicted molar refractivity (Wildman–Crippen MR) is 84.5 cm³/mol. The van der Waals surface area contributed by atoms with Crippen LogP contribution >= 0.6 is 12.2 Å². The topological polar surface area (TPSA) is 3.24 Å². The van der Waals surface area contributed by atoms with Gasteiger partial charge in [0.2, 0.25) is 0 Å². The van der Waals surface area contributed by atoms with Crippen LogP contribution in [0, 0.1) is 13.8 Å². The largest absolute Gasteiger partial charge is 1.00 e. The van der Waals surface area contributed by atoms with Gasteiger partial charge in [-0.15, -0.1) is 0 Å². The van der Waals surface area contributed by atoms with Crippen LogP contribution in [-0.2, 0) is 12.6 Å². The average molecular weight is 279 g/mol. The van der Waals surface area contributed by atoms with E-state index in [1.165, 1.54) is 11.1 Å². The van der Waals surface area contributed by atoms with Crippen molar-refractivity contribution < 1.29 is 18.9 Å². The molecule has 0 atom stereocenters. The second-order valence-corrected chi connectivity index (χ2v) is 5.30. The van der Waals surface area contributed by atoms with Crippen molar-refractivity contribution in [2.24, 2.45) is 0 Å². The number of rotatable bonds is 2. The summed E-state index contributed by atoms with van der Waals surface area (Å²) in [5.41, 5.74) is 4.45. The summed E-state index contributed by atoms with van der Waals surface area (Å²) in [6, 6.07) is 16.4. The first-order valence-corrected chi connectivity index (χ1v) is 6.54. The fourth-order valence-electron chi connectivity index (χ4n) is 1.75. The van der Waals surface area contributed by atoms with Crippen molar-refractivity contribution in [1.29, 1.82) is 0 Å². The van der Waals surface area contributed by atoms with Crippen LogP contribution in [0.5, 0.6) is 0 Å². The second kappa shape index (κ2) is 7.07. The van der Waals surface area contributed by atoms with Gasteiger partial charge in [-0.1, -0.05) is 39.7 Å². The molecule has 4 heteroatoms. The first-order chi connectivity index (χ1) is 8.58. The Hall–Kier alpha value is -0.853. The first-order valence-electron chi connectivity index (χ1n) is 5.72. The standard InChI is InChI=1S/C15H15NS2.Li/c1-11-3-7-13(8-4-11)16(15(17)18)14-9-5-12(2)6-10-14;/h3-10H,1-2H3,(H,17,18);/q;+1/p-1. The molecule has 2 aromatic carbocycles. The second-order valence-electron chi connectivity index (χ2n) is 4.27. The fraction of sp³-hybridized carbons (Fsp3) is 0.133. The SMILES string of the molecule is Cc1ccc(N(C(=S)[S-])c2ccc(C)cc2)cc1.[Li+]. The summed E-state index contributed by atoms with van der Waals surface area (Å²) in [6.07, 6.45) is 0. The summed E-state index contributed by atoms with van der Waals surface area (Å²) < 4.78 is 0.433. The molecule has 1 nitrogen and oxygen atoms in total. The summed E-state index contributed by atoms with van der Waals surface area (Å²) in [5, 5.41) is 0. The number of hydrogen-bond acceptors (Lipinski definition) is 2. The Balaban J connectivity index is 0.00000180. The molecule has 0 saturated carbocycles. The molecule has 0 fully saturated rings. The van der Waals surface area contributed by atoms with Crippen molar-refractivity contribution in [3.8, 4) is 0 Å². The molecule has 0 aliphatic rings. The molecule has 0 saturated heterocycles. The molecule has 0 spiro atoms. The van der Waals surface area contributed by atoms with Gasteiger partial charge < -0.3 is 29.7 Å². The van der Waals surface area contributed by atoms with E-state index in [4.69, 9.17) is 24.8 Å². The van der Waals surface area contributed by atoms with Gasteiger partial charge in [0, 0.05) is 11.4 Å². The van der Waals surface area contributed by atoms with Crippen LogP contribution < -0.4 is 23.8 Å². The molecule has 2 rings (SSSR count). The van der Waals surface area contributed by atoms with Crippen molar-refractivity contribution in [2.45, 2.75) is 13.8 Å². The zero-order chi connectivity index (χ0) is 13.1. The van der Waals surface area contributed by atoms with E-state index in [9.17, 15) is 0 Å². The van der Waals surface area contributed by atoms with Crippen molar-refractivity contribution in [3.63, 3.8) is 0 Å². The van der Waals surface area contributed by atoms with E-state index < -0.39 is 0 Å². The number of benzene rings is 2. The smallest absolute Gasteiger partial charge is 0.411 e. The average Bonchev–Trinajstić information content (AvgIpc) is 2.34. The van der Waals surface area contributed by atoms with Crippen LogP contribution in [0.25, 0.3) is 0 Å². The Labute approximate surface area is 137 Å². The third kappa shape index (κ3) is 4.06. The number of nitrogens with zero attached hydrogens (tertiary/aromatic N) is 1. The minimum atomic E-state index is 0. The van der Waals surface area contributed by atoms with E-state index in [2.05, 4.69) is 38.1 Å². The van der Waals surface area contributed by atoms with Crippen LogP contribution in [0.1, 0.15) is 11.1 Å². The van der Waals surface area contributed by atoms with Gasteiger partial charge in [-0.3, -0.25) is 0 Å². The molecule has 0 unspecified atom stereocenters. The van der Waals surface area contributed by atoms with Gasteiger partial charge in [0.25, 0.3) is 0 Å². The van der Waals surface area contributed by atoms with E-state index in [1.807, 2.05) is 29.2 Å². The molecule has 19 heavy (non-hydrogen) atoms. The monoisotopic (exact) mass is 279 g/mol. The van der Waals surface area contributed by atoms with Gasteiger partial charge >= 0.3 is 18.9 Å². The predicted octanol–water partition coefficient (Wildman–Crippen LogP) is 1.28. The summed E-state index contributed by atoms with van der Waals surface area (Å²) in [7, 11) is 0. The zero-order valence-electron chi connectivity index (χ0n) is 11.4. The van der Waals surface area contributed by atoms with Crippen LogP contribution in [0.4, 0.5) is 11.4 Å². The maximum Gasteiger partial charge on any atom is 1.00 e. The maximum atomic E-state index is 5.19. The van der Waals surface area contributed by atoms with Gasteiger partial charge in [0.15, 0.2) is 0 Å². The van der Waals surface area contributed by atoms with Crippen LogP contribution in [0.2, 0.25) is 0 Å². The number of anilines is 2. The number of thiocarbonyl (C=S) groups is 1.